The number of benzene rings is 2. The van der Waals surface area contributed by atoms with E-state index >= 15 is 0 Å². The number of rotatable bonds is 12. The molecule has 2 aromatic rings. The van der Waals surface area contributed by atoms with Crippen molar-refractivity contribution in [1.82, 2.24) is 19.8 Å². The molecular weight excluding hydrogens is 734 g/mol. The number of fused-ring (bicyclic) bond motifs is 1. The van der Waals surface area contributed by atoms with E-state index in [9.17, 15) is 36.8 Å². The standard InChI is InChI=1S/C38H48FN5O9S.CH4/c1-6-24-18-38(24,35(48)42-54(50,51)27-14-15-27)41-32(45)30-17-26(53-36(49)43-19-23-11-9-13-29(39)28(23)21-43)20-44(30)33(46)31(37(3,4)5)40-25-12-8-10-22(16-25)34(47)52-7-2;/h8-13,16,24,26-27,30-31,40H,6-7,14-15,17-21H2,1-5H3,(H,41,45)(H,42,48);1H4/t24-,26-,30+,31-,38-;/m1./s1. The van der Waals surface area contributed by atoms with Gasteiger partial charge in [-0.2, -0.15) is 0 Å². The Morgan fingerprint density at radius 3 is 2.36 bits per heavy atom. The lowest BCUT2D eigenvalue weighted by molar-refractivity contribution is -0.141. The fourth-order valence-electron chi connectivity index (χ4n) is 7.33. The second kappa shape index (κ2) is 15.8. The van der Waals surface area contributed by atoms with Crippen LogP contribution in [0.15, 0.2) is 42.5 Å². The normalized spacial score (nSPS) is 23.5. The minimum atomic E-state index is -3.90. The van der Waals surface area contributed by atoms with Gasteiger partial charge in [-0.25, -0.2) is 22.4 Å². The summed E-state index contributed by atoms with van der Waals surface area (Å²) in [4.78, 5) is 71.0. The molecule has 4 aliphatic rings. The molecule has 2 heterocycles. The molecule has 6 rings (SSSR count). The molecule has 55 heavy (non-hydrogen) atoms. The summed E-state index contributed by atoms with van der Waals surface area (Å²) in [5.74, 6) is -3.30. The maximum atomic E-state index is 14.7. The van der Waals surface area contributed by atoms with E-state index in [4.69, 9.17) is 9.47 Å². The number of hydrogen-bond acceptors (Lipinski definition) is 10. The molecule has 2 saturated carbocycles. The molecule has 4 amide bonds. The van der Waals surface area contributed by atoms with Gasteiger partial charge in [0, 0.05) is 24.2 Å². The van der Waals surface area contributed by atoms with Crippen LogP contribution in [0.25, 0.3) is 0 Å². The fourth-order valence-corrected chi connectivity index (χ4v) is 8.69. The highest BCUT2D eigenvalue weighted by atomic mass is 32.2. The Morgan fingerprint density at radius 2 is 1.75 bits per heavy atom. The monoisotopic (exact) mass is 785 g/mol. The second-order valence-electron chi connectivity index (χ2n) is 15.7. The number of hydrogen-bond donors (Lipinski definition) is 3. The van der Waals surface area contributed by atoms with Crippen LogP contribution in [0.3, 0.4) is 0 Å². The Morgan fingerprint density at radius 1 is 1.04 bits per heavy atom. The smallest absolute Gasteiger partial charge is 0.410 e. The summed E-state index contributed by atoms with van der Waals surface area (Å²) in [5.41, 5.74) is -0.463. The predicted octanol–water partition coefficient (Wildman–Crippen LogP) is 4.48. The zero-order valence-corrected chi connectivity index (χ0v) is 32.0. The second-order valence-corrected chi connectivity index (χ2v) is 17.6. The van der Waals surface area contributed by atoms with Crippen LogP contribution in [0.2, 0.25) is 0 Å². The van der Waals surface area contributed by atoms with E-state index in [0.29, 0.717) is 36.1 Å². The van der Waals surface area contributed by atoms with Crippen molar-refractivity contribution in [3.63, 3.8) is 0 Å². The van der Waals surface area contributed by atoms with Gasteiger partial charge in [-0.1, -0.05) is 59.7 Å². The van der Waals surface area contributed by atoms with Gasteiger partial charge >= 0.3 is 12.1 Å². The van der Waals surface area contributed by atoms with Gasteiger partial charge in [0.2, 0.25) is 21.8 Å². The number of amides is 4. The number of nitrogens with one attached hydrogen (secondary N) is 3. The molecule has 0 aromatic heterocycles. The van der Waals surface area contributed by atoms with E-state index in [1.165, 1.54) is 15.9 Å². The first kappa shape index (κ1) is 41.4. The average Bonchev–Trinajstić information content (AvgIpc) is 4.01. The number of sulfonamides is 1. The number of anilines is 1. The van der Waals surface area contributed by atoms with Crippen molar-refractivity contribution < 1.29 is 46.3 Å². The topological polar surface area (TPSA) is 181 Å². The van der Waals surface area contributed by atoms with Crippen molar-refractivity contribution in [2.24, 2.45) is 11.3 Å². The van der Waals surface area contributed by atoms with Gasteiger partial charge in [-0.05, 0) is 67.3 Å². The zero-order valence-electron chi connectivity index (χ0n) is 31.1. The SMILES string of the molecule is C.CCOC(=O)c1cccc(N[C@H](C(=O)N2C[C@H](OC(=O)N3Cc4cccc(F)c4C3)C[C@H]2C(=O)N[C@]2(C(=O)NS(=O)(=O)C3CC3)C[C@H]2CC)C(C)(C)C)c1. The molecule has 16 heteroatoms. The van der Waals surface area contributed by atoms with Gasteiger partial charge < -0.3 is 25.0 Å². The van der Waals surface area contributed by atoms with Crippen LogP contribution < -0.4 is 15.4 Å². The minimum absolute atomic E-state index is 0. The number of carbonyl (C=O) groups is 5. The van der Waals surface area contributed by atoms with Gasteiger partial charge in [-0.15, -0.1) is 0 Å². The largest absolute Gasteiger partial charge is 0.462 e. The molecule has 5 atom stereocenters. The maximum Gasteiger partial charge on any atom is 0.410 e. The molecule has 3 N–H and O–H groups in total. The molecule has 0 unspecified atom stereocenters. The van der Waals surface area contributed by atoms with Crippen LogP contribution in [0.5, 0.6) is 0 Å². The number of halogens is 1. The summed E-state index contributed by atoms with van der Waals surface area (Å²) < 4.78 is 53.1. The van der Waals surface area contributed by atoms with Crippen molar-refractivity contribution in [1.29, 1.82) is 0 Å². The molecule has 2 aromatic carbocycles. The van der Waals surface area contributed by atoms with Gasteiger partial charge in [0.05, 0.1) is 30.5 Å². The van der Waals surface area contributed by atoms with Crippen LogP contribution >= 0.6 is 0 Å². The van der Waals surface area contributed by atoms with Gasteiger partial charge in [0.1, 0.15) is 29.5 Å². The summed E-state index contributed by atoms with van der Waals surface area (Å²) in [6, 6.07) is 8.95. The Balaban J connectivity index is 0.00000580. The highest BCUT2D eigenvalue weighted by Crippen LogP contribution is 2.47. The van der Waals surface area contributed by atoms with Gasteiger partial charge in [-0.3, -0.25) is 24.0 Å². The van der Waals surface area contributed by atoms with E-state index in [2.05, 4.69) is 15.4 Å². The van der Waals surface area contributed by atoms with E-state index < -0.39 is 80.0 Å². The first-order chi connectivity index (χ1) is 25.5. The molecule has 14 nitrogen and oxygen atoms in total. The lowest BCUT2D eigenvalue weighted by Crippen LogP contribution is -2.58. The van der Waals surface area contributed by atoms with Crippen molar-refractivity contribution in [2.45, 2.75) is 116 Å². The number of nitrogens with zero attached hydrogens (tertiary/aromatic N) is 2. The Labute approximate surface area is 321 Å². The molecule has 3 fully saturated rings. The molecule has 0 radical (unpaired) electrons. The number of esters is 1. The minimum Gasteiger partial charge on any atom is -0.462 e. The summed E-state index contributed by atoms with van der Waals surface area (Å²) in [7, 11) is -3.90. The number of carbonyl (C=O) groups excluding carboxylic acids is 5. The molecule has 2 aliphatic carbocycles. The highest BCUT2D eigenvalue weighted by molar-refractivity contribution is 7.91. The summed E-state index contributed by atoms with van der Waals surface area (Å²) in [6.07, 6.45) is -0.179. The fraction of sp³-hybridized carbons (Fsp3) is 0.564. The third-order valence-corrected chi connectivity index (χ3v) is 12.5. The van der Waals surface area contributed by atoms with Crippen molar-refractivity contribution >= 4 is 45.5 Å². The lowest BCUT2D eigenvalue weighted by atomic mass is 9.85. The molecule has 1 saturated heterocycles. The maximum absolute atomic E-state index is 14.7. The van der Waals surface area contributed by atoms with Crippen LogP contribution in [-0.2, 0) is 47.0 Å². The highest BCUT2D eigenvalue weighted by Gasteiger charge is 2.62. The Bertz CT molecular complexity index is 1950. The van der Waals surface area contributed by atoms with E-state index in [1.807, 2.05) is 27.7 Å². The van der Waals surface area contributed by atoms with Crippen molar-refractivity contribution in [2.75, 3.05) is 18.5 Å². The molecule has 0 spiro atoms. The first-order valence-electron chi connectivity index (χ1n) is 18.4. The van der Waals surface area contributed by atoms with Crippen LogP contribution in [0.1, 0.15) is 95.6 Å². The molecule has 300 valence electrons. The number of ether oxygens (including phenoxy) is 2. The van der Waals surface area contributed by atoms with E-state index in [1.54, 1.807) is 43.3 Å². The van der Waals surface area contributed by atoms with Crippen LogP contribution in [0, 0.1) is 17.2 Å². The van der Waals surface area contributed by atoms with Crippen molar-refractivity contribution in [3.8, 4) is 0 Å². The Hall–Kier alpha value is -4.73. The van der Waals surface area contributed by atoms with E-state index in [-0.39, 0.29) is 58.0 Å². The molecule has 2 aliphatic heterocycles. The van der Waals surface area contributed by atoms with Crippen LogP contribution in [-0.4, -0.2) is 90.1 Å². The zero-order chi connectivity index (χ0) is 39.2. The summed E-state index contributed by atoms with van der Waals surface area (Å²) in [5, 5.41) is 5.39. The van der Waals surface area contributed by atoms with Crippen LogP contribution in [0.4, 0.5) is 14.9 Å². The van der Waals surface area contributed by atoms with Gasteiger partial charge in [0.25, 0.3) is 5.91 Å². The predicted molar refractivity (Wildman–Crippen MR) is 201 cm³/mol. The third kappa shape index (κ3) is 8.73. The summed E-state index contributed by atoms with van der Waals surface area (Å²) >= 11 is 0. The molecule has 0 bridgehead atoms. The number of likely N-dealkylation sites (tertiary alicyclic amines) is 1. The lowest BCUT2D eigenvalue weighted by Gasteiger charge is -2.36. The Kier molecular flexibility index (Phi) is 11.9. The van der Waals surface area contributed by atoms with Crippen molar-refractivity contribution in [3.05, 3.63) is 65.0 Å². The van der Waals surface area contributed by atoms with E-state index in [0.717, 1.165) is 0 Å². The quantitative estimate of drug-likeness (QED) is 0.260. The summed E-state index contributed by atoms with van der Waals surface area (Å²) in [6.45, 7) is 9.18. The average molecular weight is 786 g/mol. The first-order valence-corrected chi connectivity index (χ1v) is 20.0. The van der Waals surface area contributed by atoms with Gasteiger partial charge in [0.15, 0.2) is 0 Å². The molecular formula is C39H52FN5O9S. The third-order valence-electron chi connectivity index (χ3n) is 10.6.